The summed E-state index contributed by atoms with van der Waals surface area (Å²) >= 11 is 7.30. The second kappa shape index (κ2) is 13.3. The van der Waals surface area contributed by atoms with Crippen molar-refractivity contribution >= 4 is 35.2 Å². The summed E-state index contributed by atoms with van der Waals surface area (Å²) in [4.78, 5) is 27.9. The molecule has 0 aliphatic rings. The molecule has 0 aliphatic heterocycles. The van der Waals surface area contributed by atoms with Gasteiger partial charge in [0.05, 0.1) is 5.75 Å². The predicted molar refractivity (Wildman–Crippen MR) is 137 cm³/mol. The highest BCUT2D eigenvalue weighted by Gasteiger charge is 2.30. The standard InChI is InChI=1S/C27H27ClF2N2O2S/c1-2-31-27(34)25(15-19-9-4-3-5-10-19)32(16-20-11-6-7-13-23(20)29)26(33)18-35-17-21-22(28)12-8-14-24(21)30/h3-14,25H,2,15-18H2,1H3,(H,31,34)/t25-/m0/s1. The van der Waals surface area contributed by atoms with Crippen molar-refractivity contribution in [1.82, 2.24) is 10.2 Å². The summed E-state index contributed by atoms with van der Waals surface area (Å²) in [6.07, 6.45) is 0.274. The lowest BCUT2D eigenvalue weighted by molar-refractivity contribution is -0.139. The van der Waals surface area contributed by atoms with E-state index in [0.717, 1.165) is 5.56 Å². The van der Waals surface area contributed by atoms with Crippen LogP contribution in [-0.4, -0.2) is 35.1 Å². The number of halogens is 3. The molecule has 0 saturated carbocycles. The molecule has 3 aromatic rings. The van der Waals surface area contributed by atoms with Crippen molar-refractivity contribution < 1.29 is 18.4 Å². The van der Waals surface area contributed by atoms with E-state index in [-0.39, 0.29) is 41.3 Å². The first kappa shape index (κ1) is 26.7. The summed E-state index contributed by atoms with van der Waals surface area (Å²) in [6, 6.07) is 19.1. The first-order valence-electron chi connectivity index (χ1n) is 11.3. The summed E-state index contributed by atoms with van der Waals surface area (Å²) in [5.74, 6) is -1.39. The van der Waals surface area contributed by atoms with E-state index in [4.69, 9.17) is 11.6 Å². The molecule has 35 heavy (non-hydrogen) atoms. The Morgan fingerprint density at radius 2 is 1.66 bits per heavy atom. The number of likely N-dealkylation sites (N-methyl/N-ethyl adjacent to an activating group) is 1. The Morgan fingerprint density at radius 3 is 2.34 bits per heavy atom. The highest BCUT2D eigenvalue weighted by molar-refractivity contribution is 7.99. The van der Waals surface area contributed by atoms with Crippen molar-refractivity contribution in [2.75, 3.05) is 12.3 Å². The molecule has 3 aromatic carbocycles. The van der Waals surface area contributed by atoms with E-state index in [2.05, 4.69) is 5.32 Å². The van der Waals surface area contributed by atoms with E-state index in [1.165, 1.54) is 34.9 Å². The number of hydrogen-bond donors (Lipinski definition) is 1. The van der Waals surface area contributed by atoms with Gasteiger partial charge < -0.3 is 10.2 Å². The van der Waals surface area contributed by atoms with Crippen LogP contribution in [0.15, 0.2) is 72.8 Å². The molecular weight excluding hydrogens is 490 g/mol. The van der Waals surface area contributed by atoms with Crippen LogP contribution in [0.25, 0.3) is 0 Å². The third-order valence-corrected chi connectivity index (χ3v) is 6.75. The molecule has 1 N–H and O–H groups in total. The van der Waals surface area contributed by atoms with Gasteiger partial charge in [-0.3, -0.25) is 9.59 Å². The number of thioether (sulfide) groups is 1. The minimum atomic E-state index is -0.845. The van der Waals surface area contributed by atoms with Crippen LogP contribution >= 0.6 is 23.4 Å². The van der Waals surface area contributed by atoms with E-state index in [1.54, 1.807) is 31.2 Å². The van der Waals surface area contributed by atoms with Crippen molar-refractivity contribution in [1.29, 1.82) is 0 Å². The number of benzene rings is 3. The maximum atomic E-state index is 14.5. The average Bonchev–Trinajstić information content (AvgIpc) is 2.85. The Kier molecular flexibility index (Phi) is 10.1. The number of rotatable bonds is 11. The Morgan fingerprint density at radius 1 is 0.971 bits per heavy atom. The zero-order chi connectivity index (χ0) is 25.2. The minimum Gasteiger partial charge on any atom is -0.355 e. The third-order valence-electron chi connectivity index (χ3n) is 5.45. The monoisotopic (exact) mass is 516 g/mol. The largest absolute Gasteiger partial charge is 0.355 e. The molecule has 0 aliphatic carbocycles. The van der Waals surface area contributed by atoms with Crippen molar-refractivity contribution in [3.63, 3.8) is 0 Å². The van der Waals surface area contributed by atoms with Gasteiger partial charge >= 0.3 is 0 Å². The molecular formula is C27H27ClF2N2O2S. The number of hydrogen-bond acceptors (Lipinski definition) is 3. The lowest BCUT2D eigenvalue weighted by Gasteiger charge is -2.31. The van der Waals surface area contributed by atoms with E-state index < -0.39 is 17.7 Å². The fourth-order valence-electron chi connectivity index (χ4n) is 3.65. The van der Waals surface area contributed by atoms with Gasteiger partial charge in [-0.1, -0.05) is 66.2 Å². The number of amides is 2. The lowest BCUT2D eigenvalue weighted by atomic mass is 10.0. The molecule has 0 radical (unpaired) electrons. The quantitative estimate of drug-likeness (QED) is 0.359. The van der Waals surface area contributed by atoms with Gasteiger partial charge in [0.15, 0.2) is 0 Å². The second-order valence-electron chi connectivity index (χ2n) is 7.91. The highest BCUT2D eigenvalue weighted by Crippen LogP contribution is 2.25. The van der Waals surface area contributed by atoms with Crippen LogP contribution in [0, 0.1) is 11.6 Å². The van der Waals surface area contributed by atoms with Gasteiger partial charge in [0.25, 0.3) is 0 Å². The molecule has 2 amide bonds. The van der Waals surface area contributed by atoms with Crippen LogP contribution in [0.1, 0.15) is 23.6 Å². The van der Waals surface area contributed by atoms with E-state index in [1.807, 2.05) is 30.3 Å². The van der Waals surface area contributed by atoms with Crippen LogP contribution in [0.5, 0.6) is 0 Å². The highest BCUT2D eigenvalue weighted by atomic mass is 35.5. The zero-order valence-electron chi connectivity index (χ0n) is 19.3. The van der Waals surface area contributed by atoms with Gasteiger partial charge in [0.1, 0.15) is 17.7 Å². The molecule has 0 bridgehead atoms. The average molecular weight is 517 g/mol. The van der Waals surface area contributed by atoms with Gasteiger partial charge in [-0.2, -0.15) is 0 Å². The maximum Gasteiger partial charge on any atom is 0.243 e. The van der Waals surface area contributed by atoms with Crippen molar-refractivity contribution in [2.45, 2.75) is 31.7 Å². The molecule has 8 heteroatoms. The number of nitrogens with zero attached hydrogens (tertiary/aromatic N) is 1. The molecule has 1 atom stereocenters. The molecule has 0 fully saturated rings. The summed E-state index contributed by atoms with van der Waals surface area (Å²) in [7, 11) is 0. The van der Waals surface area contributed by atoms with Crippen LogP contribution in [0.3, 0.4) is 0 Å². The summed E-state index contributed by atoms with van der Waals surface area (Å²) in [6.45, 7) is 2.13. The maximum absolute atomic E-state index is 14.5. The van der Waals surface area contributed by atoms with Gasteiger partial charge in [-0.15, -0.1) is 11.8 Å². The van der Waals surface area contributed by atoms with Gasteiger partial charge in [0, 0.05) is 41.4 Å². The molecule has 184 valence electrons. The molecule has 0 saturated heterocycles. The molecule has 0 spiro atoms. The SMILES string of the molecule is CCNC(=O)[C@H](Cc1ccccc1)N(Cc1ccccc1F)C(=O)CSCc1c(F)cccc1Cl. The Balaban J connectivity index is 1.86. The van der Waals surface area contributed by atoms with E-state index >= 15 is 0 Å². The van der Waals surface area contributed by atoms with E-state index in [0.29, 0.717) is 17.7 Å². The fraction of sp³-hybridized carbons (Fsp3) is 0.259. The zero-order valence-corrected chi connectivity index (χ0v) is 20.9. The molecule has 4 nitrogen and oxygen atoms in total. The topological polar surface area (TPSA) is 49.4 Å². The van der Waals surface area contributed by atoms with Crippen molar-refractivity contribution in [3.8, 4) is 0 Å². The number of carbonyl (C=O) groups excluding carboxylic acids is 2. The third kappa shape index (κ3) is 7.54. The smallest absolute Gasteiger partial charge is 0.243 e. The Hall–Kier alpha value is -2.90. The van der Waals surface area contributed by atoms with Crippen LogP contribution in [0.4, 0.5) is 8.78 Å². The van der Waals surface area contributed by atoms with Gasteiger partial charge in [-0.05, 0) is 30.7 Å². The predicted octanol–water partition coefficient (Wildman–Crippen LogP) is 5.63. The normalized spacial score (nSPS) is 11.7. The number of nitrogens with one attached hydrogen (secondary N) is 1. The molecule has 3 rings (SSSR count). The van der Waals surface area contributed by atoms with Gasteiger partial charge in [-0.25, -0.2) is 8.78 Å². The molecule has 0 heterocycles. The summed E-state index contributed by atoms with van der Waals surface area (Å²) < 4.78 is 28.7. The van der Waals surface area contributed by atoms with Crippen LogP contribution in [0.2, 0.25) is 5.02 Å². The van der Waals surface area contributed by atoms with Crippen molar-refractivity contribution in [2.24, 2.45) is 0 Å². The minimum absolute atomic E-state index is 0.0240. The second-order valence-corrected chi connectivity index (χ2v) is 9.30. The lowest BCUT2D eigenvalue weighted by Crippen LogP contribution is -2.51. The van der Waals surface area contributed by atoms with E-state index in [9.17, 15) is 18.4 Å². The first-order valence-corrected chi connectivity index (χ1v) is 12.8. The van der Waals surface area contributed by atoms with Crippen molar-refractivity contribution in [3.05, 3.63) is 106 Å². The summed E-state index contributed by atoms with van der Waals surface area (Å²) in [5.41, 5.74) is 1.50. The molecule has 0 aromatic heterocycles. The van der Waals surface area contributed by atoms with Crippen LogP contribution < -0.4 is 5.32 Å². The Bertz CT molecular complexity index is 1130. The van der Waals surface area contributed by atoms with Gasteiger partial charge in [0.2, 0.25) is 11.8 Å². The molecule has 0 unspecified atom stereocenters. The Labute approximate surface area is 213 Å². The first-order chi connectivity index (χ1) is 16.9. The fourth-order valence-corrected chi connectivity index (χ4v) is 4.90. The summed E-state index contributed by atoms with van der Waals surface area (Å²) in [5, 5.41) is 3.09. The van der Waals surface area contributed by atoms with Crippen LogP contribution in [-0.2, 0) is 28.3 Å². The number of carbonyl (C=O) groups is 2.